The summed E-state index contributed by atoms with van der Waals surface area (Å²) >= 11 is 12.3. The van der Waals surface area contributed by atoms with Gasteiger partial charge in [0.2, 0.25) is 11.9 Å². The number of aromatic nitrogens is 3. The van der Waals surface area contributed by atoms with E-state index in [1.54, 1.807) is 12.1 Å². The highest BCUT2D eigenvalue weighted by molar-refractivity contribution is 7.91. The van der Waals surface area contributed by atoms with Crippen LogP contribution in [0.4, 0.5) is 11.9 Å². The number of sulfone groups is 1. The number of carbonyl (C=O) groups is 1. The van der Waals surface area contributed by atoms with Crippen LogP contribution in [0.2, 0.25) is 10.0 Å². The first kappa shape index (κ1) is 27.4. The molecule has 0 bridgehead atoms. The molecule has 1 aliphatic rings. The predicted molar refractivity (Wildman–Crippen MR) is 147 cm³/mol. The predicted octanol–water partition coefficient (Wildman–Crippen LogP) is 3.63. The first-order valence-electron chi connectivity index (χ1n) is 12.0. The number of piperidine rings is 1. The van der Waals surface area contributed by atoms with Crippen molar-refractivity contribution in [3.63, 3.8) is 0 Å². The van der Waals surface area contributed by atoms with Gasteiger partial charge in [0.15, 0.2) is 15.6 Å². The molecule has 12 heteroatoms. The number of anilines is 2. The van der Waals surface area contributed by atoms with Crippen molar-refractivity contribution in [2.45, 2.75) is 31.8 Å². The molecule has 1 aromatic heterocycles. The number of hydrogen-bond donors (Lipinski definition) is 2. The van der Waals surface area contributed by atoms with Crippen LogP contribution in [0.15, 0.2) is 42.5 Å². The fourth-order valence-corrected chi connectivity index (χ4v) is 5.57. The summed E-state index contributed by atoms with van der Waals surface area (Å²) in [7, 11) is -3.46. The number of Topliss-reactive ketones (excluding diaryl/α,β-unsaturated/α-hetero) is 1. The summed E-state index contributed by atoms with van der Waals surface area (Å²) < 4.78 is 23.3. The molecular weight excluding hydrogens is 535 g/mol. The highest BCUT2D eigenvalue weighted by Gasteiger charge is 2.27. The average molecular weight is 566 g/mol. The Kier molecular flexibility index (Phi) is 8.74. The molecule has 1 fully saturated rings. The van der Waals surface area contributed by atoms with Crippen LogP contribution in [0.25, 0.3) is 0 Å². The zero-order chi connectivity index (χ0) is 26.6. The molecule has 1 saturated heterocycles. The van der Waals surface area contributed by atoms with Gasteiger partial charge in [0, 0.05) is 49.1 Å². The molecule has 1 aliphatic heterocycles. The van der Waals surface area contributed by atoms with Gasteiger partial charge < -0.3 is 10.6 Å². The number of halogens is 2. The normalized spacial score (nSPS) is 14.9. The van der Waals surface area contributed by atoms with Crippen molar-refractivity contribution in [3.05, 3.63) is 69.2 Å². The number of nitrogens with one attached hydrogen (secondary N) is 1. The Hall–Kier alpha value is -2.66. The Bertz CT molecular complexity index is 1340. The maximum absolute atomic E-state index is 12.6. The quantitative estimate of drug-likeness (QED) is 0.357. The fraction of sp³-hybridized carbons (Fsp3) is 0.400. The van der Waals surface area contributed by atoms with Crippen molar-refractivity contribution in [1.29, 1.82) is 0 Å². The van der Waals surface area contributed by atoms with Gasteiger partial charge in [0.1, 0.15) is 5.75 Å². The van der Waals surface area contributed by atoms with E-state index in [1.807, 2.05) is 30.3 Å². The lowest BCUT2D eigenvalue weighted by Gasteiger charge is -2.38. The number of hydrogen-bond acceptors (Lipinski definition) is 8. The van der Waals surface area contributed by atoms with Crippen LogP contribution in [0.1, 0.15) is 34.3 Å². The van der Waals surface area contributed by atoms with E-state index in [-0.39, 0.29) is 10.6 Å². The van der Waals surface area contributed by atoms with Crippen molar-refractivity contribution < 1.29 is 13.2 Å². The molecule has 0 unspecified atom stereocenters. The minimum atomic E-state index is -3.46. The van der Waals surface area contributed by atoms with Gasteiger partial charge in [0.25, 0.3) is 0 Å². The van der Waals surface area contributed by atoms with Crippen LogP contribution in [-0.2, 0) is 22.8 Å². The van der Waals surface area contributed by atoms with E-state index in [1.165, 1.54) is 5.56 Å². The van der Waals surface area contributed by atoms with Crippen molar-refractivity contribution in [1.82, 2.24) is 20.1 Å². The van der Waals surface area contributed by atoms with E-state index < -0.39 is 21.4 Å². The van der Waals surface area contributed by atoms with Crippen molar-refractivity contribution in [2.75, 3.05) is 42.3 Å². The summed E-state index contributed by atoms with van der Waals surface area (Å²) in [5, 5.41) is 7.82. The molecule has 2 heterocycles. The zero-order valence-electron chi connectivity index (χ0n) is 20.5. The molecular formula is C25H30Cl2N6O3S. The summed E-state index contributed by atoms with van der Waals surface area (Å²) in [4.78, 5) is 21.4. The van der Waals surface area contributed by atoms with Crippen LogP contribution in [-0.4, -0.2) is 72.0 Å². The van der Waals surface area contributed by atoms with Crippen LogP contribution in [0, 0.1) is 0 Å². The molecule has 9 nitrogen and oxygen atoms in total. The lowest BCUT2D eigenvalue weighted by molar-refractivity contribution is 0.102. The number of ketones is 1. The van der Waals surface area contributed by atoms with E-state index in [0.717, 1.165) is 50.7 Å². The Morgan fingerprint density at radius 2 is 1.81 bits per heavy atom. The Morgan fingerprint density at radius 1 is 1.14 bits per heavy atom. The number of rotatable bonds is 10. The molecule has 3 aromatic rings. The van der Waals surface area contributed by atoms with Crippen LogP contribution in [0.3, 0.4) is 0 Å². The van der Waals surface area contributed by atoms with Crippen LogP contribution in [0.5, 0.6) is 0 Å². The van der Waals surface area contributed by atoms with Gasteiger partial charge >= 0.3 is 0 Å². The molecule has 3 N–H and O–H groups in total. The van der Waals surface area contributed by atoms with E-state index in [2.05, 4.69) is 25.0 Å². The number of nitrogens with zero attached hydrogens (tertiary/aromatic N) is 4. The molecule has 0 amide bonds. The van der Waals surface area contributed by atoms with E-state index >= 15 is 0 Å². The largest absolute Gasteiger partial charge is 0.368 e. The Labute approximate surface area is 226 Å². The summed E-state index contributed by atoms with van der Waals surface area (Å²) in [6, 6.07) is 13.4. The van der Waals surface area contributed by atoms with Crippen LogP contribution < -0.4 is 10.6 Å². The highest BCUT2D eigenvalue weighted by atomic mass is 35.5. The van der Waals surface area contributed by atoms with E-state index in [9.17, 15) is 13.2 Å². The number of carbonyl (C=O) groups excluding carboxylic acids is 1. The molecule has 0 spiro atoms. The summed E-state index contributed by atoms with van der Waals surface area (Å²) in [5.74, 6) is -0.164. The molecule has 2 aromatic carbocycles. The lowest BCUT2D eigenvalue weighted by Crippen LogP contribution is -2.45. The molecule has 37 heavy (non-hydrogen) atoms. The maximum atomic E-state index is 12.6. The van der Waals surface area contributed by atoms with Crippen molar-refractivity contribution in [3.8, 4) is 0 Å². The minimum Gasteiger partial charge on any atom is -0.368 e. The Morgan fingerprint density at radius 3 is 2.43 bits per heavy atom. The van der Waals surface area contributed by atoms with Gasteiger partial charge in [0.05, 0.1) is 5.02 Å². The standard InChI is InChI=1S/C25H30Cl2N6O3S/c1-37(35,36)16-23(34)21-14-18(4-7-22(21)27)15-33(11-8-17-2-5-19(26)6-3-17)20-9-12-32(13-10-20)25-29-24(28)30-31-25/h2-7,14,20H,8-13,15-16H2,1H3,(H3,28,29,30,31). The average Bonchev–Trinajstić information content (AvgIpc) is 3.29. The van der Waals surface area contributed by atoms with Gasteiger partial charge in [-0.25, -0.2) is 13.5 Å². The molecule has 0 saturated carbocycles. The second-order valence-electron chi connectivity index (χ2n) is 9.39. The molecule has 0 aliphatic carbocycles. The monoisotopic (exact) mass is 564 g/mol. The van der Waals surface area contributed by atoms with Gasteiger partial charge in [-0.05, 0) is 54.7 Å². The third-order valence-electron chi connectivity index (χ3n) is 6.47. The number of nitrogen functional groups attached to an aromatic ring is 1. The van der Waals surface area contributed by atoms with Crippen LogP contribution >= 0.6 is 23.2 Å². The molecule has 4 rings (SSSR count). The molecule has 0 radical (unpaired) electrons. The maximum Gasteiger partial charge on any atom is 0.246 e. The molecule has 0 atom stereocenters. The number of benzene rings is 2. The van der Waals surface area contributed by atoms with Crippen molar-refractivity contribution in [2.24, 2.45) is 0 Å². The first-order valence-corrected chi connectivity index (χ1v) is 14.8. The summed E-state index contributed by atoms with van der Waals surface area (Å²) in [5.41, 5.74) is 8.01. The third kappa shape index (κ3) is 7.67. The third-order valence-corrected chi connectivity index (χ3v) is 7.83. The molecule has 198 valence electrons. The summed E-state index contributed by atoms with van der Waals surface area (Å²) in [6.45, 7) is 2.98. The lowest BCUT2D eigenvalue weighted by atomic mass is 10.0. The van der Waals surface area contributed by atoms with Crippen molar-refractivity contribution >= 4 is 50.7 Å². The highest BCUT2D eigenvalue weighted by Crippen LogP contribution is 2.25. The Balaban J connectivity index is 1.50. The second-order valence-corrected chi connectivity index (χ2v) is 12.4. The van der Waals surface area contributed by atoms with Gasteiger partial charge in [-0.1, -0.05) is 41.4 Å². The van der Waals surface area contributed by atoms with Gasteiger partial charge in [-0.2, -0.15) is 4.98 Å². The summed E-state index contributed by atoms with van der Waals surface area (Å²) in [6.07, 6.45) is 3.69. The zero-order valence-corrected chi connectivity index (χ0v) is 22.9. The number of aromatic amines is 1. The van der Waals surface area contributed by atoms with E-state index in [4.69, 9.17) is 28.9 Å². The number of H-pyrrole nitrogens is 1. The fourth-order valence-electron chi connectivity index (χ4n) is 4.59. The topological polar surface area (TPSA) is 125 Å². The van der Waals surface area contributed by atoms with Gasteiger partial charge in [-0.15, -0.1) is 5.10 Å². The van der Waals surface area contributed by atoms with Gasteiger partial charge in [-0.3, -0.25) is 9.69 Å². The SMILES string of the molecule is CS(=O)(=O)CC(=O)c1cc(CN(CCc2ccc(Cl)cc2)C2CCN(c3n[nH]c(N)n3)CC2)ccc1Cl. The number of nitrogens with two attached hydrogens (primary N) is 1. The minimum absolute atomic E-state index is 0.235. The second kappa shape index (κ2) is 11.8. The van der Waals surface area contributed by atoms with E-state index in [0.29, 0.717) is 29.5 Å². The smallest absolute Gasteiger partial charge is 0.246 e. The first-order chi connectivity index (χ1) is 17.6.